The van der Waals surface area contributed by atoms with E-state index in [9.17, 15) is 18.0 Å². The minimum atomic E-state index is -4.63. The normalized spacial score (nSPS) is 17.1. The second-order valence-corrected chi connectivity index (χ2v) is 6.49. The van der Waals surface area contributed by atoms with Gasteiger partial charge in [0.25, 0.3) is 0 Å². The van der Waals surface area contributed by atoms with Crippen molar-refractivity contribution >= 4 is 29.0 Å². The predicted octanol–water partition coefficient (Wildman–Crippen LogP) is 3.36. The van der Waals surface area contributed by atoms with Gasteiger partial charge in [-0.25, -0.2) is 4.98 Å². The Morgan fingerprint density at radius 2 is 2.00 bits per heavy atom. The van der Waals surface area contributed by atoms with Gasteiger partial charge in [-0.05, 0) is 31.5 Å². The first-order valence-electron chi connectivity index (χ1n) is 8.88. The standard InChI is InChI=1S/C18H21F3N6O/c1-11(28)24-14-6-2-3-7-15(14)26-16-13(18(19,20)21)10-23-17(27-16)25-12-5-4-8-22-9-12/h2-3,6-7,10,12,22H,4-5,8-9H2,1H3,(H,24,28)(H2,23,25,26,27)/t12-/m0/s1. The van der Waals surface area contributed by atoms with Crippen LogP contribution < -0.4 is 21.3 Å². The fraction of sp³-hybridized carbons (Fsp3) is 0.389. The lowest BCUT2D eigenvalue weighted by Crippen LogP contribution is -2.38. The number of anilines is 4. The van der Waals surface area contributed by atoms with Crippen molar-refractivity contribution in [1.29, 1.82) is 0 Å². The van der Waals surface area contributed by atoms with Gasteiger partial charge < -0.3 is 21.3 Å². The Bertz CT molecular complexity index is 836. The van der Waals surface area contributed by atoms with Crippen LogP contribution in [0.3, 0.4) is 0 Å². The lowest BCUT2D eigenvalue weighted by molar-refractivity contribution is -0.137. The molecule has 0 radical (unpaired) electrons. The van der Waals surface area contributed by atoms with Crippen LogP contribution in [0.2, 0.25) is 0 Å². The molecule has 1 aromatic heterocycles. The fourth-order valence-corrected chi connectivity index (χ4v) is 2.93. The van der Waals surface area contributed by atoms with Gasteiger partial charge in [-0.2, -0.15) is 18.2 Å². The SMILES string of the molecule is CC(=O)Nc1ccccc1Nc1nc(N[C@H]2CCCNC2)ncc1C(F)(F)F. The van der Waals surface area contributed by atoms with Crippen molar-refractivity contribution in [2.45, 2.75) is 32.0 Å². The summed E-state index contributed by atoms with van der Waals surface area (Å²) in [6.07, 6.45) is -2.02. The topological polar surface area (TPSA) is 91.0 Å². The number of nitrogens with one attached hydrogen (secondary N) is 4. The van der Waals surface area contributed by atoms with Gasteiger partial charge in [0.05, 0.1) is 11.4 Å². The monoisotopic (exact) mass is 394 g/mol. The zero-order valence-electron chi connectivity index (χ0n) is 15.2. The van der Waals surface area contributed by atoms with Gasteiger partial charge in [0.15, 0.2) is 0 Å². The van der Waals surface area contributed by atoms with Crippen molar-refractivity contribution < 1.29 is 18.0 Å². The molecular formula is C18H21F3N6O. The third-order valence-corrected chi connectivity index (χ3v) is 4.22. The summed E-state index contributed by atoms with van der Waals surface area (Å²) in [5.74, 6) is -0.604. The fourth-order valence-electron chi connectivity index (χ4n) is 2.93. The first-order chi connectivity index (χ1) is 13.3. The molecule has 0 unspecified atom stereocenters. The summed E-state index contributed by atoms with van der Waals surface area (Å²) in [5, 5.41) is 11.6. The molecule has 150 valence electrons. The largest absolute Gasteiger partial charge is 0.421 e. The van der Waals surface area contributed by atoms with Gasteiger partial charge in [0, 0.05) is 25.7 Å². The van der Waals surface area contributed by atoms with Crippen molar-refractivity contribution in [1.82, 2.24) is 15.3 Å². The molecule has 0 bridgehead atoms. The van der Waals surface area contributed by atoms with Gasteiger partial charge in [0.2, 0.25) is 11.9 Å². The molecule has 2 heterocycles. The van der Waals surface area contributed by atoms with Crippen LogP contribution in [0.1, 0.15) is 25.3 Å². The number of benzene rings is 1. The number of piperidine rings is 1. The Balaban J connectivity index is 1.91. The minimum absolute atomic E-state index is 0.0463. The molecule has 0 aliphatic carbocycles. The second kappa shape index (κ2) is 8.42. The molecule has 1 aliphatic heterocycles. The van der Waals surface area contributed by atoms with Crippen LogP contribution in [0.15, 0.2) is 30.5 Å². The van der Waals surface area contributed by atoms with Gasteiger partial charge >= 0.3 is 6.18 Å². The zero-order valence-corrected chi connectivity index (χ0v) is 15.2. The molecule has 7 nitrogen and oxygen atoms in total. The van der Waals surface area contributed by atoms with Crippen molar-refractivity contribution in [3.63, 3.8) is 0 Å². The maximum absolute atomic E-state index is 13.4. The van der Waals surface area contributed by atoms with Crippen molar-refractivity contribution in [2.24, 2.45) is 0 Å². The van der Waals surface area contributed by atoms with E-state index >= 15 is 0 Å². The molecule has 1 amide bonds. The van der Waals surface area contributed by atoms with Crippen LogP contribution in [0.4, 0.5) is 36.3 Å². The maximum Gasteiger partial charge on any atom is 0.421 e. The van der Waals surface area contributed by atoms with Crippen LogP contribution in [0, 0.1) is 0 Å². The quantitative estimate of drug-likeness (QED) is 0.622. The van der Waals surface area contributed by atoms with E-state index in [1.807, 2.05) is 0 Å². The van der Waals surface area contributed by atoms with E-state index in [1.54, 1.807) is 24.3 Å². The highest BCUT2D eigenvalue weighted by Crippen LogP contribution is 2.36. The minimum Gasteiger partial charge on any atom is -0.350 e. The van der Waals surface area contributed by atoms with Crippen LogP contribution in [0.5, 0.6) is 0 Å². The number of amides is 1. The smallest absolute Gasteiger partial charge is 0.350 e. The first-order valence-corrected chi connectivity index (χ1v) is 8.88. The van der Waals surface area contributed by atoms with E-state index in [0.717, 1.165) is 25.6 Å². The summed E-state index contributed by atoms with van der Waals surface area (Å²) in [6, 6.07) is 6.51. The number of nitrogens with zero attached hydrogens (tertiary/aromatic N) is 2. The van der Waals surface area contributed by atoms with Crippen LogP contribution in [-0.4, -0.2) is 35.0 Å². The van der Waals surface area contributed by atoms with Crippen molar-refractivity contribution in [3.8, 4) is 0 Å². The maximum atomic E-state index is 13.4. The molecule has 0 saturated carbocycles. The van der Waals surface area contributed by atoms with E-state index in [-0.39, 0.29) is 23.7 Å². The molecule has 3 rings (SSSR count). The van der Waals surface area contributed by atoms with E-state index in [0.29, 0.717) is 17.9 Å². The number of aromatic nitrogens is 2. The Labute approximate surface area is 160 Å². The van der Waals surface area contributed by atoms with Gasteiger partial charge in [0.1, 0.15) is 11.4 Å². The molecular weight excluding hydrogens is 373 g/mol. The molecule has 10 heteroatoms. The third-order valence-electron chi connectivity index (χ3n) is 4.22. The average molecular weight is 394 g/mol. The summed E-state index contributed by atoms with van der Waals surface area (Å²) in [4.78, 5) is 19.2. The number of para-hydroxylation sites is 2. The van der Waals surface area contributed by atoms with Gasteiger partial charge in [-0.3, -0.25) is 4.79 Å². The molecule has 0 spiro atoms. The molecule has 1 aliphatic rings. The summed E-state index contributed by atoms with van der Waals surface area (Å²) in [7, 11) is 0. The third kappa shape index (κ3) is 5.10. The number of carbonyl (C=O) groups is 1. The Kier molecular flexibility index (Phi) is 5.98. The van der Waals surface area contributed by atoms with Crippen molar-refractivity contribution in [3.05, 3.63) is 36.0 Å². The van der Waals surface area contributed by atoms with Crippen LogP contribution in [0.25, 0.3) is 0 Å². The Morgan fingerprint density at radius 1 is 1.25 bits per heavy atom. The van der Waals surface area contributed by atoms with Crippen LogP contribution >= 0.6 is 0 Å². The van der Waals surface area contributed by atoms with E-state index < -0.39 is 11.7 Å². The molecule has 1 fully saturated rings. The molecule has 28 heavy (non-hydrogen) atoms. The predicted molar refractivity (Wildman–Crippen MR) is 101 cm³/mol. The number of alkyl halides is 3. The van der Waals surface area contributed by atoms with E-state index in [2.05, 4.69) is 31.2 Å². The summed E-state index contributed by atoms with van der Waals surface area (Å²) in [5.41, 5.74) is -0.336. The summed E-state index contributed by atoms with van der Waals surface area (Å²) < 4.78 is 40.3. The van der Waals surface area contributed by atoms with Crippen molar-refractivity contribution in [2.75, 3.05) is 29.0 Å². The molecule has 1 aromatic carbocycles. The number of carbonyl (C=O) groups excluding carboxylic acids is 1. The highest BCUT2D eigenvalue weighted by atomic mass is 19.4. The highest BCUT2D eigenvalue weighted by molar-refractivity contribution is 5.93. The Hall–Kier alpha value is -2.88. The van der Waals surface area contributed by atoms with Gasteiger partial charge in [-0.15, -0.1) is 0 Å². The first kappa shape index (κ1) is 19.9. The lowest BCUT2D eigenvalue weighted by atomic mass is 10.1. The molecule has 4 N–H and O–H groups in total. The number of rotatable bonds is 5. The molecule has 1 atom stereocenters. The second-order valence-electron chi connectivity index (χ2n) is 6.49. The number of halogens is 3. The summed E-state index contributed by atoms with van der Waals surface area (Å²) >= 11 is 0. The number of hydrogen-bond donors (Lipinski definition) is 4. The average Bonchev–Trinajstić information content (AvgIpc) is 2.63. The zero-order chi connectivity index (χ0) is 20.1. The Morgan fingerprint density at radius 3 is 2.64 bits per heavy atom. The lowest BCUT2D eigenvalue weighted by Gasteiger charge is -2.24. The van der Waals surface area contributed by atoms with E-state index in [4.69, 9.17) is 0 Å². The summed E-state index contributed by atoms with van der Waals surface area (Å²) in [6.45, 7) is 2.93. The van der Waals surface area contributed by atoms with Crippen LogP contribution in [-0.2, 0) is 11.0 Å². The van der Waals surface area contributed by atoms with E-state index in [1.165, 1.54) is 6.92 Å². The number of hydrogen-bond acceptors (Lipinski definition) is 6. The highest BCUT2D eigenvalue weighted by Gasteiger charge is 2.35. The van der Waals surface area contributed by atoms with Gasteiger partial charge in [-0.1, -0.05) is 12.1 Å². The molecule has 1 saturated heterocycles. The molecule has 2 aromatic rings.